The molecule has 3 N–H and O–H groups in total. The zero-order valence-electron chi connectivity index (χ0n) is 24.8. The van der Waals surface area contributed by atoms with E-state index in [4.69, 9.17) is 9.84 Å². The average Bonchev–Trinajstić information content (AvgIpc) is 3.62. The number of aryl methyl sites for hydroxylation is 1. The van der Waals surface area contributed by atoms with Gasteiger partial charge < -0.3 is 25.0 Å². The molecule has 5 rings (SSSR count). The van der Waals surface area contributed by atoms with Crippen LogP contribution in [0.4, 0.5) is 5.82 Å². The number of halogens is 1. The number of aliphatic carboxylic acids is 1. The summed E-state index contributed by atoms with van der Waals surface area (Å²) in [5.41, 5.74) is 2.59. The zero-order chi connectivity index (χ0) is 31.6. The van der Waals surface area contributed by atoms with E-state index in [9.17, 15) is 14.4 Å². The summed E-state index contributed by atoms with van der Waals surface area (Å²) in [7, 11) is 3.36. The van der Waals surface area contributed by atoms with Crippen LogP contribution in [-0.2, 0) is 16.6 Å². The Labute approximate surface area is 262 Å². The maximum atomic E-state index is 13.5. The van der Waals surface area contributed by atoms with E-state index in [1.165, 1.54) is 37.7 Å². The second-order valence-corrected chi connectivity index (χ2v) is 12.2. The highest BCUT2D eigenvalue weighted by molar-refractivity contribution is 9.10. The second kappa shape index (κ2) is 12.6. The monoisotopic (exact) mass is 660 g/mol. The van der Waals surface area contributed by atoms with Crippen molar-refractivity contribution in [3.05, 3.63) is 70.0 Å². The van der Waals surface area contributed by atoms with Gasteiger partial charge in [0.2, 0.25) is 5.88 Å². The van der Waals surface area contributed by atoms with Crippen molar-refractivity contribution < 1.29 is 24.2 Å². The third kappa shape index (κ3) is 6.35. The Morgan fingerprint density at radius 2 is 1.82 bits per heavy atom. The first kappa shape index (κ1) is 30.9. The molecule has 3 heterocycles. The lowest BCUT2D eigenvalue weighted by Crippen LogP contribution is -2.52. The van der Waals surface area contributed by atoms with Gasteiger partial charge in [0.15, 0.2) is 5.82 Å². The molecule has 0 unspecified atom stereocenters. The number of methoxy groups -OCH3 is 1. The first-order valence-electron chi connectivity index (χ1n) is 14.2. The molecule has 4 aromatic rings. The molecule has 0 bridgehead atoms. The number of rotatable bonds is 9. The van der Waals surface area contributed by atoms with Gasteiger partial charge in [-0.15, -0.1) is 0 Å². The Hall–Kier alpha value is -4.58. The molecule has 44 heavy (non-hydrogen) atoms. The SMILES string of the molecule is COc1nc(NC(=O)C(C)(C)NC(=O)c2ccc3c(C4CCCC4)c(-c4ncc(Br)cn4)n(C)c3c2)ccc1/C=C/C(=O)O. The van der Waals surface area contributed by atoms with Gasteiger partial charge in [-0.25, -0.2) is 14.8 Å². The minimum Gasteiger partial charge on any atom is -0.481 e. The van der Waals surface area contributed by atoms with Crippen LogP contribution in [-0.4, -0.2) is 55.1 Å². The van der Waals surface area contributed by atoms with Crippen LogP contribution in [0.1, 0.15) is 66.9 Å². The molecule has 1 saturated carbocycles. The van der Waals surface area contributed by atoms with E-state index in [1.807, 2.05) is 19.2 Å². The molecular formula is C32H33BrN6O5. The smallest absolute Gasteiger partial charge is 0.328 e. The van der Waals surface area contributed by atoms with Crippen LogP contribution in [0.2, 0.25) is 0 Å². The fraction of sp³-hybridized carbons (Fsp3) is 0.312. The van der Waals surface area contributed by atoms with Crippen LogP contribution in [0.25, 0.3) is 28.5 Å². The van der Waals surface area contributed by atoms with Gasteiger partial charge in [0, 0.05) is 47.5 Å². The van der Waals surface area contributed by atoms with Crippen molar-refractivity contribution in [2.24, 2.45) is 7.05 Å². The number of carbonyl (C=O) groups is 3. The fourth-order valence-corrected chi connectivity index (χ4v) is 5.80. The highest BCUT2D eigenvalue weighted by atomic mass is 79.9. The van der Waals surface area contributed by atoms with Crippen LogP contribution < -0.4 is 15.4 Å². The minimum atomic E-state index is -1.30. The predicted molar refractivity (Wildman–Crippen MR) is 170 cm³/mol. The van der Waals surface area contributed by atoms with E-state index < -0.39 is 23.3 Å². The van der Waals surface area contributed by atoms with E-state index in [0.717, 1.165) is 40.0 Å². The maximum Gasteiger partial charge on any atom is 0.328 e. The van der Waals surface area contributed by atoms with Crippen LogP contribution in [0.15, 0.2) is 53.3 Å². The Balaban J connectivity index is 1.39. The van der Waals surface area contributed by atoms with Crippen LogP contribution >= 0.6 is 15.9 Å². The number of amides is 2. The first-order valence-corrected chi connectivity index (χ1v) is 15.0. The summed E-state index contributed by atoms with van der Waals surface area (Å²) >= 11 is 3.42. The lowest BCUT2D eigenvalue weighted by atomic mass is 9.93. The van der Waals surface area contributed by atoms with Crippen molar-refractivity contribution in [3.63, 3.8) is 0 Å². The number of ether oxygens (including phenoxy) is 1. The highest BCUT2D eigenvalue weighted by Gasteiger charge is 2.32. The summed E-state index contributed by atoms with van der Waals surface area (Å²) in [6.45, 7) is 3.20. The number of benzene rings is 1. The zero-order valence-corrected chi connectivity index (χ0v) is 26.4. The lowest BCUT2D eigenvalue weighted by molar-refractivity contribution is -0.131. The molecule has 12 heteroatoms. The van der Waals surface area contributed by atoms with Crippen molar-refractivity contribution in [2.45, 2.75) is 51.0 Å². The number of anilines is 1. The summed E-state index contributed by atoms with van der Waals surface area (Å²) in [4.78, 5) is 51.0. The van der Waals surface area contributed by atoms with Crippen molar-refractivity contribution in [1.82, 2.24) is 24.8 Å². The van der Waals surface area contributed by atoms with Crippen molar-refractivity contribution >= 4 is 56.5 Å². The average molecular weight is 662 g/mol. The molecule has 1 aliphatic rings. The van der Waals surface area contributed by atoms with Gasteiger partial charge in [0.25, 0.3) is 11.8 Å². The molecule has 1 fully saturated rings. The van der Waals surface area contributed by atoms with Crippen LogP contribution in [0, 0.1) is 0 Å². The Kier molecular flexibility index (Phi) is 8.82. The quantitative estimate of drug-likeness (QED) is 0.194. The minimum absolute atomic E-state index is 0.142. The molecule has 0 saturated heterocycles. The number of nitrogens with zero attached hydrogens (tertiary/aromatic N) is 4. The molecule has 0 atom stereocenters. The third-order valence-electron chi connectivity index (χ3n) is 7.82. The van der Waals surface area contributed by atoms with E-state index in [0.29, 0.717) is 22.9 Å². The molecule has 11 nitrogen and oxygen atoms in total. The summed E-state index contributed by atoms with van der Waals surface area (Å²) in [5, 5.41) is 15.5. The number of pyridine rings is 1. The fourth-order valence-electron chi connectivity index (χ4n) is 5.60. The number of carbonyl (C=O) groups excluding carboxylic acids is 2. The van der Waals surface area contributed by atoms with Gasteiger partial charge in [0.1, 0.15) is 11.4 Å². The Bertz CT molecular complexity index is 1770. The number of nitrogens with one attached hydrogen (secondary N) is 2. The largest absolute Gasteiger partial charge is 0.481 e. The number of carboxylic acid groups (broad SMARTS) is 1. The normalized spacial score (nSPS) is 13.8. The number of hydrogen-bond donors (Lipinski definition) is 3. The van der Waals surface area contributed by atoms with E-state index in [-0.39, 0.29) is 11.7 Å². The van der Waals surface area contributed by atoms with Gasteiger partial charge in [-0.2, -0.15) is 4.98 Å². The van der Waals surface area contributed by atoms with Gasteiger partial charge in [-0.05, 0) is 84.4 Å². The Morgan fingerprint density at radius 3 is 2.48 bits per heavy atom. The van der Waals surface area contributed by atoms with Crippen LogP contribution in [0.5, 0.6) is 5.88 Å². The number of aromatic nitrogens is 4. The maximum absolute atomic E-state index is 13.5. The lowest BCUT2D eigenvalue weighted by Gasteiger charge is -2.25. The van der Waals surface area contributed by atoms with Gasteiger partial charge >= 0.3 is 5.97 Å². The van der Waals surface area contributed by atoms with Crippen LogP contribution in [0.3, 0.4) is 0 Å². The predicted octanol–water partition coefficient (Wildman–Crippen LogP) is 5.70. The van der Waals surface area contributed by atoms with E-state index in [2.05, 4.69) is 46.1 Å². The molecule has 2 amide bonds. The molecule has 1 aromatic carbocycles. The summed E-state index contributed by atoms with van der Waals surface area (Å²) in [6.07, 6.45) is 10.3. The number of carboxylic acids is 1. The molecule has 1 aliphatic carbocycles. The standard InChI is InChI=1S/C32H33BrN6O5/c1-32(2,31(43)37-24-13-10-19(11-14-25(40)41)30(36-24)44-4)38-29(42)20-9-12-22-23(15-20)39(3)27(26(22)18-7-5-6-8-18)28-34-16-21(33)17-35-28/h9-18H,5-8H2,1-4H3,(H,38,42)(H,40,41)(H,36,37,43)/b14-11+. The summed E-state index contributed by atoms with van der Waals surface area (Å²) < 4.78 is 8.09. The molecule has 0 aliphatic heterocycles. The van der Waals surface area contributed by atoms with Crippen molar-refractivity contribution in [1.29, 1.82) is 0 Å². The number of hydrogen-bond acceptors (Lipinski definition) is 7. The topological polar surface area (TPSA) is 148 Å². The molecule has 3 aromatic heterocycles. The summed E-state index contributed by atoms with van der Waals surface area (Å²) in [6, 6.07) is 8.71. The molecular weight excluding hydrogens is 628 g/mol. The molecule has 0 radical (unpaired) electrons. The summed E-state index contributed by atoms with van der Waals surface area (Å²) in [5.74, 6) is -0.658. The third-order valence-corrected chi connectivity index (χ3v) is 8.23. The van der Waals surface area contributed by atoms with Crippen molar-refractivity contribution in [2.75, 3.05) is 12.4 Å². The van der Waals surface area contributed by atoms with Gasteiger partial charge in [-0.3, -0.25) is 9.59 Å². The molecule has 0 spiro atoms. The van der Waals surface area contributed by atoms with Gasteiger partial charge in [0.05, 0.1) is 17.3 Å². The second-order valence-electron chi connectivity index (χ2n) is 11.3. The van der Waals surface area contributed by atoms with Crippen molar-refractivity contribution in [3.8, 4) is 17.4 Å². The first-order chi connectivity index (χ1) is 21.0. The van der Waals surface area contributed by atoms with E-state index in [1.54, 1.807) is 38.4 Å². The highest BCUT2D eigenvalue weighted by Crippen LogP contribution is 2.44. The number of fused-ring (bicyclic) bond motifs is 1. The molecule has 228 valence electrons. The Morgan fingerprint density at radius 1 is 1.11 bits per heavy atom. The van der Waals surface area contributed by atoms with Gasteiger partial charge in [-0.1, -0.05) is 18.9 Å². The van der Waals surface area contributed by atoms with E-state index >= 15 is 0 Å².